The molecule has 3 aliphatic rings. The van der Waals surface area contributed by atoms with Crippen LogP contribution in [0, 0.1) is 23.2 Å². The molecule has 3 fully saturated rings. The second-order valence-corrected chi connectivity index (χ2v) is 9.08. The molecule has 168 valence electrons. The van der Waals surface area contributed by atoms with Crippen molar-refractivity contribution in [1.29, 1.82) is 5.26 Å². The standard InChI is InChI=1S/C25H33NO5/c26-16-18-3-8-22(9-4-18)30-25(27)20-6-10-21(11-7-20)29-14-2-1-13-28-17-19-5-12-23-24(15-19)31-23/h3-4,8-9,19-21,23-24H,1-2,5-7,10-15,17H2. The second-order valence-electron chi connectivity index (χ2n) is 9.08. The van der Waals surface area contributed by atoms with Gasteiger partial charge in [-0.3, -0.25) is 4.79 Å². The van der Waals surface area contributed by atoms with Crippen molar-refractivity contribution in [3.63, 3.8) is 0 Å². The summed E-state index contributed by atoms with van der Waals surface area (Å²) < 4.78 is 22.9. The number of benzene rings is 1. The first-order valence-corrected chi connectivity index (χ1v) is 11.8. The summed E-state index contributed by atoms with van der Waals surface area (Å²) in [5.74, 6) is 0.930. The Balaban J connectivity index is 1.02. The molecule has 31 heavy (non-hydrogen) atoms. The van der Waals surface area contributed by atoms with E-state index in [2.05, 4.69) is 6.07 Å². The van der Waals surface area contributed by atoms with Crippen molar-refractivity contribution in [1.82, 2.24) is 0 Å². The maximum atomic E-state index is 12.4. The highest BCUT2D eigenvalue weighted by Crippen LogP contribution is 2.39. The number of epoxide rings is 1. The van der Waals surface area contributed by atoms with Crippen molar-refractivity contribution in [3.05, 3.63) is 29.8 Å². The van der Waals surface area contributed by atoms with E-state index >= 15 is 0 Å². The molecule has 1 aromatic rings. The summed E-state index contributed by atoms with van der Waals surface area (Å²) in [7, 11) is 0. The topological polar surface area (TPSA) is 81.1 Å². The summed E-state index contributed by atoms with van der Waals surface area (Å²) in [5.41, 5.74) is 0.555. The first-order valence-electron chi connectivity index (χ1n) is 11.8. The highest BCUT2D eigenvalue weighted by atomic mass is 16.6. The van der Waals surface area contributed by atoms with Gasteiger partial charge in [-0.05, 0) is 88.0 Å². The second kappa shape index (κ2) is 11.1. The van der Waals surface area contributed by atoms with Gasteiger partial charge in [0.2, 0.25) is 0 Å². The fourth-order valence-electron chi connectivity index (χ4n) is 4.71. The Morgan fingerprint density at radius 1 is 1.00 bits per heavy atom. The van der Waals surface area contributed by atoms with Crippen molar-refractivity contribution in [2.75, 3.05) is 19.8 Å². The predicted octanol–water partition coefficient (Wildman–Crippen LogP) is 4.40. The first-order chi connectivity index (χ1) is 15.2. The van der Waals surface area contributed by atoms with Gasteiger partial charge in [0.05, 0.1) is 35.9 Å². The SMILES string of the molecule is N#Cc1ccc(OC(=O)C2CCC(OCCCCOCC3CCC4OC4C3)CC2)cc1. The number of fused-ring (bicyclic) bond motifs is 1. The lowest BCUT2D eigenvalue weighted by Crippen LogP contribution is -2.29. The molecule has 1 saturated heterocycles. The lowest BCUT2D eigenvalue weighted by molar-refractivity contribution is -0.141. The Morgan fingerprint density at radius 2 is 1.77 bits per heavy atom. The Labute approximate surface area is 184 Å². The largest absolute Gasteiger partial charge is 0.426 e. The van der Waals surface area contributed by atoms with E-state index in [1.807, 2.05) is 0 Å². The van der Waals surface area contributed by atoms with E-state index in [1.54, 1.807) is 24.3 Å². The van der Waals surface area contributed by atoms with Gasteiger partial charge in [0.15, 0.2) is 0 Å². The summed E-state index contributed by atoms with van der Waals surface area (Å²) >= 11 is 0. The van der Waals surface area contributed by atoms with E-state index in [9.17, 15) is 4.79 Å². The van der Waals surface area contributed by atoms with Crippen LogP contribution in [0.2, 0.25) is 0 Å². The maximum absolute atomic E-state index is 12.4. The van der Waals surface area contributed by atoms with Crippen LogP contribution >= 0.6 is 0 Å². The van der Waals surface area contributed by atoms with Crippen LogP contribution in [0.15, 0.2) is 24.3 Å². The molecule has 0 aromatic heterocycles. The molecular weight excluding hydrogens is 394 g/mol. The van der Waals surface area contributed by atoms with E-state index < -0.39 is 0 Å². The predicted molar refractivity (Wildman–Crippen MR) is 115 cm³/mol. The molecule has 2 aliphatic carbocycles. The fraction of sp³-hybridized carbons (Fsp3) is 0.680. The van der Waals surface area contributed by atoms with E-state index in [0.717, 1.165) is 58.3 Å². The van der Waals surface area contributed by atoms with Crippen LogP contribution in [0.5, 0.6) is 5.75 Å². The van der Waals surface area contributed by atoms with E-state index in [-0.39, 0.29) is 18.0 Å². The lowest BCUT2D eigenvalue weighted by Gasteiger charge is -2.27. The maximum Gasteiger partial charge on any atom is 0.314 e. The van der Waals surface area contributed by atoms with E-state index in [1.165, 1.54) is 19.3 Å². The highest BCUT2D eigenvalue weighted by molar-refractivity contribution is 5.75. The molecule has 6 nitrogen and oxygen atoms in total. The molecule has 0 radical (unpaired) electrons. The molecule has 1 aromatic carbocycles. The number of nitriles is 1. The van der Waals surface area contributed by atoms with Gasteiger partial charge >= 0.3 is 5.97 Å². The highest BCUT2D eigenvalue weighted by Gasteiger charge is 2.43. The van der Waals surface area contributed by atoms with Gasteiger partial charge in [-0.15, -0.1) is 0 Å². The van der Waals surface area contributed by atoms with Gasteiger partial charge in [-0.25, -0.2) is 0 Å². The normalized spacial score (nSPS) is 29.6. The molecule has 0 spiro atoms. The van der Waals surface area contributed by atoms with Crippen LogP contribution in [-0.4, -0.2) is 44.1 Å². The molecular formula is C25H33NO5. The van der Waals surface area contributed by atoms with Gasteiger partial charge in [0.1, 0.15) is 5.75 Å². The molecule has 1 aliphatic heterocycles. The smallest absolute Gasteiger partial charge is 0.314 e. The molecule has 1 heterocycles. The average molecular weight is 428 g/mol. The molecule has 2 saturated carbocycles. The average Bonchev–Trinajstić information content (AvgIpc) is 3.58. The molecule has 3 atom stereocenters. The number of hydrogen-bond acceptors (Lipinski definition) is 6. The Kier molecular flexibility index (Phi) is 7.96. The third-order valence-corrected chi connectivity index (χ3v) is 6.71. The number of carbonyl (C=O) groups excluding carboxylic acids is 1. The molecule has 4 rings (SSSR count). The third-order valence-electron chi connectivity index (χ3n) is 6.71. The lowest BCUT2D eigenvalue weighted by atomic mass is 9.87. The number of rotatable bonds is 10. The van der Waals surface area contributed by atoms with Gasteiger partial charge < -0.3 is 18.9 Å². The summed E-state index contributed by atoms with van der Waals surface area (Å²) in [4.78, 5) is 12.4. The zero-order valence-corrected chi connectivity index (χ0v) is 18.2. The van der Waals surface area contributed by atoms with Crippen molar-refractivity contribution in [3.8, 4) is 11.8 Å². The van der Waals surface area contributed by atoms with Crippen molar-refractivity contribution in [2.24, 2.45) is 11.8 Å². The number of nitrogens with zero attached hydrogens (tertiary/aromatic N) is 1. The Bertz CT molecular complexity index is 750. The van der Waals surface area contributed by atoms with Gasteiger partial charge in [-0.2, -0.15) is 5.26 Å². The van der Waals surface area contributed by atoms with Crippen molar-refractivity contribution >= 4 is 5.97 Å². The number of ether oxygens (including phenoxy) is 4. The van der Waals surface area contributed by atoms with Crippen LogP contribution in [0.4, 0.5) is 0 Å². The van der Waals surface area contributed by atoms with Crippen LogP contribution in [0.1, 0.15) is 63.4 Å². The number of esters is 1. The van der Waals surface area contributed by atoms with E-state index in [4.69, 9.17) is 24.2 Å². The minimum absolute atomic E-state index is 0.0694. The van der Waals surface area contributed by atoms with Crippen molar-refractivity contribution < 1.29 is 23.7 Å². The van der Waals surface area contributed by atoms with Crippen LogP contribution < -0.4 is 4.74 Å². The number of hydrogen-bond donors (Lipinski definition) is 0. The molecule has 0 N–H and O–H groups in total. The Hall–Kier alpha value is -1.94. The minimum Gasteiger partial charge on any atom is -0.426 e. The van der Waals surface area contributed by atoms with Gasteiger partial charge in [0, 0.05) is 19.8 Å². The molecule has 0 bridgehead atoms. The molecule has 0 amide bonds. The first kappa shape index (κ1) is 22.3. The van der Waals surface area contributed by atoms with Crippen LogP contribution in [0.25, 0.3) is 0 Å². The zero-order valence-electron chi connectivity index (χ0n) is 18.2. The molecule has 6 heteroatoms. The molecule has 3 unspecified atom stereocenters. The van der Waals surface area contributed by atoms with Gasteiger partial charge in [-0.1, -0.05) is 0 Å². The van der Waals surface area contributed by atoms with Gasteiger partial charge in [0.25, 0.3) is 0 Å². The summed E-state index contributed by atoms with van der Waals surface area (Å²) in [6, 6.07) is 8.71. The van der Waals surface area contributed by atoms with E-state index in [0.29, 0.717) is 29.4 Å². The summed E-state index contributed by atoms with van der Waals surface area (Å²) in [6.45, 7) is 2.44. The third kappa shape index (κ3) is 6.77. The number of carbonyl (C=O) groups is 1. The zero-order chi connectivity index (χ0) is 21.5. The van der Waals surface area contributed by atoms with Crippen LogP contribution in [0.3, 0.4) is 0 Å². The monoisotopic (exact) mass is 427 g/mol. The summed E-state index contributed by atoms with van der Waals surface area (Å²) in [6.07, 6.45) is 10.4. The quantitative estimate of drug-likeness (QED) is 0.238. The Morgan fingerprint density at radius 3 is 2.52 bits per heavy atom. The fourth-order valence-corrected chi connectivity index (χ4v) is 4.71. The number of unbranched alkanes of at least 4 members (excludes halogenated alkanes) is 1. The minimum atomic E-state index is -0.179. The van der Waals surface area contributed by atoms with Crippen LogP contribution in [-0.2, 0) is 19.0 Å². The van der Waals surface area contributed by atoms with Crippen molar-refractivity contribution in [2.45, 2.75) is 76.1 Å². The summed E-state index contributed by atoms with van der Waals surface area (Å²) in [5, 5.41) is 8.83.